The molecule has 104 valence electrons. The minimum absolute atomic E-state index is 0.0781. The van der Waals surface area contributed by atoms with Crippen molar-refractivity contribution >= 4 is 0 Å². The molecule has 1 spiro atoms. The molecule has 1 saturated carbocycles. The third-order valence-corrected chi connectivity index (χ3v) is 4.54. The molecule has 0 unspecified atom stereocenters. The van der Waals surface area contributed by atoms with Crippen molar-refractivity contribution in [1.29, 1.82) is 0 Å². The number of halogens is 1. The van der Waals surface area contributed by atoms with Crippen LogP contribution in [0.15, 0.2) is 24.3 Å². The molecule has 3 rings (SSSR count). The van der Waals surface area contributed by atoms with Gasteiger partial charge in [-0.3, -0.25) is 0 Å². The van der Waals surface area contributed by atoms with Gasteiger partial charge in [0, 0.05) is 18.3 Å². The molecule has 0 atom stereocenters. The van der Waals surface area contributed by atoms with Gasteiger partial charge < -0.3 is 14.6 Å². The van der Waals surface area contributed by atoms with Crippen molar-refractivity contribution in [3.05, 3.63) is 35.6 Å². The molecule has 0 radical (unpaired) electrons. The number of aliphatic hydroxyl groups excluding tert-OH is 1. The molecule has 0 aromatic heterocycles. The Bertz CT molecular complexity index is 427. The summed E-state index contributed by atoms with van der Waals surface area (Å²) in [6, 6.07) is 6.47. The summed E-state index contributed by atoms with van der Waals surface area (Å²) in [7, 11) is 0. The van der Waals surface area contributed by atoms with Crippen LogP contribution in [-0.4, -0.2) is 30.7 Å². The van der Waals surface area contributed by atoms with E-state index in [1.54, 1.807) is 12.1 Å². The second-order valence-electron chi connectivity index (χ2n) is 5.55. The van der Waals surface area contributed by atoms with Gasteiger partial charge in [0.15, 0.2) is 5.79 Å². The SMILES string of the molecule is OCC1(c2ccc(F)cc2)CCC2(CC1)OCCO2. The van der Waals surface area contributed by atoms with Crippen LogP contribution in [0, 0.1) is 5.82 Å². The Morgan fingerprint density at radius 2 is 1.58 bits per heavy atom. The zero-order valence-electron chi connectivity index (χ0n) is 10.9. The molecule has 3 nitrogen and oxygen atoms in total. The summed E-state index contributed by atoms with van der Waals surface area (Å²) in [4.78, 5) is 0. The number of rotatable bonds is 2. The molecule has 2 aliphatic rings. The number of ether oxygens (including phenoxy) is 2. The molecule has 1 heterocycles. The highest BCUT2D eigenvalue weighted by molar-refractivity contribution is 5.27. The van der Waals surface area contributed by atoms with E-state index in [1.165, 1.54) is 12.1 Å². The topological polar surface area (TPSA) is 38.7 Å². The number of benzene rings is 1. The second-order valence-corrected chi connectivity index (χ2v) is 5.55. The molecule has 1 N–H and O–H groups in total. The Kier molecular flexibility index (Phi) is 3.33. The van der Waals surface area contributed by atoms with Crippen molar-refractivity contribution in [2.24, 2.45) is 0 Å². The fourth-order valence-electron chi connectivity index (χ4n) is 3.24. The molecule has 1 aliphatic heterocycles. The van der Waals surface area contributed by atoms with E-state index in [-0.39, 0.29) is 17.8 Å². The van der Waals surface area contributed by atoms with Crippen LogP contribution >= 0.6 is 0 Å². The van der Waals surface area contributed by atoms with Gasteiger partial charge in [-0.2, -0.15) is 0 Å². The Balaban J connectivity index is 1.80. The Morgan fingerprint density at radius 3 is 2.11 bits per heavy atom. The van der Waals surface area contributed by atoms with E-state index in [4.69, 9.17) is 9.47 Å². The quantitative estimate of drug-likeness (QED) is 0.893. The normalized spacial score (nSPS) is 24.7. The first-order chi connectivity index (χ1) is 9.18. The van der Waals surface area contributed by atoms with Crippen molar-refractivity contribution in [2.45, 2.75) is 36.9 Å². The van der Waals surface area contributed by atoms with E-state index < -0.39 is 5.79 Å². The second kappa shape index (κ2) is 4.85. The first-order valence-electron chi connectivity index (χ1n) is 6.83. The maximum absolute atomic E-state index is 13.0. The van der Waals surface area contributed by atoms with Crippen LogP contribution in [-0.2, 0) is 14.9 Å². The monoisotopic (exact) mass is 266 g/mol. The lowest BCUT2D eigenvalue weighted by atomic mass is 9.68. The fraction of sp³-hybridized carbons (Fsp3) is 0.600. The predicted octanol–water partition coefficient (Wildman–Crippen LogP) is 2.37. The third-order valence-electron chi connectivity index (χ3n) is 4.54. The molecule has 0 bridgehead atoms. The smallest absolute Gasteiger partial charge is 0.168 e. The summed E-state index contributed by atoms with van der Waals surface area (Å²) in [5, 5.41) is 9.82. The van der Waals surface area contributed by atoms with Gasteiger partial charge in [-0.05, 0) is 30.5 Å². The molecular formula is C15H19FO3. The maximum atomic E-state index is 13.0. The van der Waals surface area contributed by atoms with E-state index >= 15 is 0 Å². The van der Waals surface area contributed by atoms with Crippen LogP contribution in [0.2, 0.25) is 0 Å². The van der Waals surface area contributed by atoms with E-state index in [1.807, 2.05) is 0 Å². The minimum Gasteiger partial charge on any atom is -0.395 e. The predicted molar refractivity (Wildman–Crippen MR) is 68.3 cm³/mol. The van der Waals surface area contributed by atoms with Crippen molar-refractivity contribution < 1.29 is 19.0 Å². The molecule has 0 amide bonds. The summed E-state index contributed by atoms with van der Waals surface area (Å²) in [6.45, 7) is 1.39. The Morgan fingerprint density at radius 1 is 1.00 bits per heavy atom. The van der Waals surface area contributed by atoms with Crippen molar-refractivity contribution in [3.63, 3.8) is 0 Å². The maximum Gasteiger partial charge on any atom is 0.168 e. The van der Waals surface area contributed by atoms with Crippen LogP contribution in [0.1, 0.15) is 31.2 Å². The number of hydrogen-bond acceptors (Lipinski definition) is 3. The first-order valence-corrected chi connectivity index (χ1v) is 6.83. The average molecular weight is 266 g/mol. The standard InChI is InChI=1S/C15H19FO3/c16-13-3-1-12(2-4-13)14(11-17)5-7-15(8-6-14)18-9-10-19-15/h1-4,17H,5-11H2. The van der Waals surface area contributed by atoms with Gasteiger partial charge >= 0.3 is 0 Å². The van der Waals surface area contributed by atoms with Crippen molar-refractivity contribution in [1.82, 2.24) is 0 Å². The van der Waals surface area contributed by atoms with Gasteiger partial charge in [0.1, 0.15) is 5.82 Å². The van der Waals surface area contributed by atoms with Crippen LogP contribution < -0.4 is 0 Å². The molecule has 1 aromatic rings. The van der Waals surface area contributed by atoms with Crippen molar-refractivity contribution in [3.8, 4) is 0 Å². The Hall–Kier alpha value is -0.970. The summed E-state index contributed by atoms with van der Waals surface area (Å²) in [5.74, 6) is -0.676. The molecule has 1 aliphatic carbocycles. The molecular weight excluding hydrogens is 247 g/mol. The van der Waals surface area contributed by atoms with Crippen LogP contribution in [0.25, 0.3) is 0 Å². The number of hydrogen-bond donors (Lipinski definition) is 1. The lowest BCUT2D eigenvalue weighted by molar-refractivity contribution is -0.187. The van der Waals surface area contributed by atoms with Crippen molar-refractivity contribution in [2.75, 3.05) is 19.8 Å². The van der Waals surface area contributed by atoms with Gasteiger partial charge in [-0.15, -0.1) is 0 Å². The molecule has 2 fully saturated rings. The summed E-state index contributed by atoms with van der Waals surface area (Å²) in [6.07, 6.45) is 3.17. The molecule has 1 aromatic carbocycles. The van der Waals surface area contributed by atoms with Crippen LogP contribution in [0.4, 0.5) is 4.39 Å². The number of aliphatic hydroxyl groups is 1. The highest BCUT2D eigenvalue weighted by Crippen LogP contribution is 2.46. The zero-order valence-corrected chi connectivity index (χ0v) is 10.9. The van der Waals surface area contributed by atoms with Gasteiger partial charge in [-0.25, -0.2) is 4.39 Å². The summed E-state index contributed by atoms with van der Waals surface area (Å²) < 4.78 is 24.4. The van der Waals surface area contributed by atoms with Gasteiger partial charge in [0.2, 0.25) is 0 Å². The molecule has 19 heavy (non-hydrogen) atoms. The van der Waals surface area contributed by atoms with Gasteiger partial charge in [0.25, 0.3) is 0 Å². The van der Waals surface area contributed by atoms with Crippen LogP contribution in [0.5, 0.6) is 0 Å². The summed E-state index contributed by atoms with van der Waals surface area (Å²) >= 11 is 0. The molecule has 4 heteroatoms. The molecule has 1 saturated heterocycles. The minimum atomic E-state index is -0.432. The largest absolute Gasteiger partial charge is 0.395 e. The van der Waals surface area contributed by atoms with Gasteiger partial charge in [0.05, 0.1) is 19.8 Å². The van der Waals surface area contributed by atoms with Crippen LogP contribution in [0.3, 0.4) is 0 Å². The lowest BCUT2D eigenvalue weighted by Gasteiger charge is -2.43. The van der Waals surface area contributed by atoms with Gasteiger partial charge in [-0.1, -0.05) is 12.1 Å². The van der Waals surface area contributed by atoms with E-state index in [0.29, 0.717) is 13.2 Å². The average Bonchev–Trinajstić information content (AvgIpc) is 2.90. The fourth-order valence-corrected chi connectivity index (χ4v) is 3.24. The zero-order chi connectivity index (χ0) is 13.3. The Labute approximate surface area is 112 Å². The lowest BCUT2D eigenvalue weighted by Crippen LogP contribution is -2.44. The van der Waals surface area contributed by atoms with E-state index in [2.05, 4.69) is 0 Å². The first kappa shape index (κ1) is 13.0. The highest BCUT2D eigenvalue weighted by Gasteiger charge is 2.46. The van der Waals surface area contributed by atoms with E-state index in [0.717, 1.165) is 31.2 Å². The third kappa shape index (κ3) is 2.29. The van der Waals surface area contributed by atoms with E-state index in [9.17, 15) is 9.50 Å². The summed E-state index contributed by atoms with van der Waals surface area (Å²) in [5.41, 5.74) is 0.720. The highest BCUT2D eigenvalue weighted by atomic mass is 19.1.